The van der Waals surface area contributed by atoms with Crippen molar-refractivity contribution in [2.24, 2.45) is 7.05 Å². The first kappa shape index (κ1) is 18.2. The number of hydrogen-bond donors (Lipinski definition) is 2. The van der Waals surface area contributed by atoms with E-state index in [4.69, 9.17) is 0 Å². The highest BCUT2D eigenvalue weighted by molar-refractivity contribution is 9.10. The lowest BCUT2D eigenvalue weighted by Crippen LogP contribution is -2.14. The van der Waals surface area contributed by atoms with Gasteiger partial charge in [-0.3, -0.25) is 9.48 Å². The number of pyridine rings is 1. The van der Waals surface area contributed by atoms with Crippen LogP contribution in [-0.4, -0.2) is 20.7 Å². The van der Waals surface area contributed by atoms with Gasteiger partial charge in [0.1, 0.15) is 4.60 Å². The highest BCUT2D eigenvalue weighted by Gasteiger charge is 2.12. The lowest BCUT2D eigenvalue weighted by atomic mass is 10.1. The smallest absolute Gasteiger partial charge is 0.257 e. The van der Waals surface area contributed by atoms with Crippen LogP contribution in [0.25, 0.3) is 10.9 Å². The third-order valence-corrected chi connectivity index (χ3v) is 4.88. The molecule has 0 saturated carbocycles. The van der Waals surface area contributed by atoms with Crippen molar-refractivity contribution in [3.8, 4) is 0 Å². The average molecular weight is 436 g/mol. The Kier molecular flexibility index (Phi) is 5.08. The van der Waals surface area contributed by atoms with Gasteiger partial charge in [-0.1, -0.05) is 12.1 Å². The topological polar surface area (TPSA) is 71.8 Å². The van der Waals surface area contributed by atoms with Gasteiger partial charge in [0.25, 0.3) is 5.91 Å². The van der Waals surface area contributed by atoms with Gasteiger partial charge in [-0.2, -0.15) is 5.10 Å². The SMILES string of the molecule is Cn1ncc2cc(NC(=O)c3ccccc3NCc3ccnc(Br)c3)ccc21. The summed E-state index contributed by atoms with van der Waals surface area (Å²) in [6.45, 7) is 0.590. The molecule has 4 aromatic rings. The lowest BCUT2D eigenvalue weighted by Gasteiger charge is -2.12. The monoisotopic (exact) mass is 435 g/mol. The molecular weight excluding hydrogens is 418 g/mol. The number of nitrogens with zero attached hydrogens (tertiary/aromatic N) is 3. The number of para-hydroxylation sites is 1. The van der Waals surface area contributed by atoms with Crippen LogP contribution in [0.4, 0.5) is 11.4 Å². The number of carbonyl (C=O) groups excluding carboxylic acids is 1. The zero-order chi connectivity index (χ0) is 19.5. The van der Waals surface area contributed by atoms with Crippen LogP contribution in [0.5, 0.6) is 0 Å². The maximum atomic E-state index is 12.9. The first-order valence-corrected chi connectivity index (χ1v) is 9.56. The number of hydrogen-bond acceptors (Lipinski definition) is 4. The predicted octanol–water partition coefficient (Wildman–Crippen LogP) is 4.60. The van der Waals surface area contributed by atoms with E-state index in [1.54, 1.807) is 17.1 Å². The van der Waals surface area contributed by atoms with Crippen LogP contribution in [0, 0.1) is 0 Å². The average Bonchev–Trinajstić information content (AvgIpc) is 3.07. The van der Waals surface area contributed by atoms with Gasteiger partial charge < -0.3 is 10.6 Å². The quantitative estimate of drug-likeness (QED) is 0.449. The minimum Gasteiger partial charge on any atom is -0.380 e. The number of fused-ring (bicyclic) bond motifs is 1. The highest BCUT2D eigenvalue weighted by Crippen LogP contribution is 2.22. The minimum absolute atomic E-state index is 0.165. The van der Waals surface area contributed by atoms with Crippen molar-refractivity contribution in [2.75, 3.05) is 10.6 Å². The second-order valence-electron chi connectivity index (χ2n) is 6.38. The predicted molar refractivity (Wildman–Crippen MR) is 114 cm³/mol. The fraction of sp³-hybridized carbons (Fsp3) is 0.0952. The molecule has 2 aromatic carbocycles. The fourth-order valence-corrected chi connectivity index (χ4v) is 3.44. The molecule has 2 heterocycles. The second-order valence-corrected chi connectivity index (χ2v) is 7.19. The van der Waals surface area contributed by atoms with Crippen LogP contribution < -0.4 is 10.6 Å². The van der Waals surface area contributed by atoms with Gasteiger partial charge in [0, 0.05) is 36.6 Å². The van der Waals surface area contributed by atoms with E-state index in [1.165, 1.54) is 0 Å². The minimum atomic E-state index is -0.165. The molecule has 4 rings (SSSR count). The summed E-state index contributed by atoms with van der Waals surface area (Å²) in [7, 11) is 1.89. The third-order valence-electron chi connectivity index (χ3n) is 4.45. The van der Waals surface area contributed by atoms with Gasteiger partial charge in [-0.25, -0.2) is 4.98 Å². The molecule has 0 radical (unpaired) electrons. The number of carbonyl (C=O) groups is 1. The first-order chi connectivity index (χ1) is 13.6. The van der Waals surface area contributed by atoms with Crippen molar-refractivity contribution in [3.05, 3.63) is 82.7 Å². The van der Waals surface area contributed by atoms with E-state index in [0.717, 1.165) is 32.4 Å². The highest BCUT2D eigenvalue weighted by atomic mass is 79.9. The van der Waals surface area contributed by atoms with Gasteiger partial charge in [0.05, 0.1) is 17.3 Å². The number of benzene rings is 2. The second kappa shape index (κ2) is 7.82. The fourth-order valence-electron chi connectivity index (χ4n) is 3.02. The van der Waals surface area contributed by atoms with E-state index in [2.05, 4.69) is 36.6 Å². The summed E-state index contributed by atoms with van der Waals surface area (Å²) in [5.74, 6) is -0.165. The largest absolute Gasteiger partial charge is 0.380 e. The molecular formula is C21H18BrN5O. The van der Waals surface area contributed by atoms with Gasteiger partial charge in [0.15, 0.2) is 0 Å². The van der Waals surface area contributed by atoms with Gasteiger partial charge in [-0.05, 0) is 64.0 Å². The lowest BCUT2D eigenvalue weighted by molar-refractivity contribution is 0.102. The Labute approximate surface area is 170 Å². The van der Waals surface area contributed by atoms with Crippen LogP contribution in [-0.2, 0) is 13.6 Å². The van der Waals surface area contributed by atoms with E-state index in [1.807, 2.05) is 61.6 Å². The molecule has 0 saturated heterocycles. The molecule has 0 fully saturated rings. The van der Waals surface area contributed by atoms with Crippen molar-refractivity contribution >= 4 is 44.1 Å². The summed E-state index contributed by atoms with van der Waals surface area (Å²) in [6.07, 6.45) is 3.53. The maximum Gasteiger partial charge on any atom is 0.257 e. The van der Waals surface area contributed by atoms with E-state index in [-0.39, 0.29) is 5.91 Å². The number of aryl methyl sites for hydroxylation is 1. The maximum absolute atomic E-state index is 12.9. The van der Waals surface area contributed by atoms with E-state index >= 15 is 0 Å². The van der Waals surface area contributed by atoms with E-state index in [9.17, 15) is 4.79 Å². The molecule has 0 aliphatic carbocycles. The molecule has 28 heavy (non-hydrogen) atoms. The Hall–Kier alpha value is -3.19. The van der Waals surface area contributed by atoms with Crippen molar-refractivity contribution in [2.45, 2.75) is 6.54 Å². The zero-order valence-electron chi connectivity index (χ0n) is 15.2. The molecule has 1 amide bonds. The van der Waals surface area contributed by atoms with Crippen LogP contribution in [0.15, 0.2) is 71.6 Å². The summed E-state index contributed by atoms with van der Waals surface area (Å²) in [5.41, 5.74) is 4.18. The van der Waals surface area contributed by atoms with Crippen LogP contribution >= 0.6 is 15.9 Å². The zero-order valence-corrected chi connectivity index (χ0v) is 16.8. The summed E-state index contributed by atoms with van der Waals surface area (Å²) in [6, 6.07) is 17.1. The standard InChI is InChI=1S/C21H18BrN5O/c1-27-19-7-6-16(11-15(19)13-25-27)26-21(28)17-4-2-3-5-18(17)24-12-14-8-9-23-20(22)10-14/h2-11,13,24H,12H2,1H3,(H,26,28). The van der Waals surface area contributed by atoms with Gasteiger partial charge in [0.2, 0.25) is 0 Å². The van der Waals surface area contributed by atoms with E-state index < -0.39 is 0 Å². The Bertz CT molecular complexity index is 1150. The van der Waals surface area contributed by atoms with Gasteiger partial charge >= 0.3 is 0 Å². The summed E-state index contributed by atoms with van der Waals surface area (Å²) in [5, 5.41) is 11.5. The summed E-state index contributed by atoms with van der Waals surface area (Å²) in [4.78, 5) is 17.0. The number of rotatable bonds is 5. The summed E-state index contributed by atoms with van der Waals surface area (Å²) < 4.78 is 2.58. The third kappa shape index (κ3) is 3.89. The Morgan fingerprint density at radius 3 is 2.86 bits per heavy atom. The molecule has 6 nitrogen and oxygen atoms in total. The van der Waals surface area contributed by atoms with Crippen molar-refractivity contribution in [3.63, 3.8) is 0 Å². The number of amides is 1. The van der Waals surface area contributed by atoms with Crippen molar-refractivity contribution in [1.82, 2.24) is 14.8 Å². The molecule has 0 bridgehead atoms. The Balaban J connectivity index is 1.52. The van der Waals surface area contributed by atoms with Crippen LogP contribution in [0.2, 0.25) is 0 Å². The molecule has 0 unspecified atom stereocenters. The van der Waals surface area contributed by atoms with Crippen LogP contribution in [0.1, 0.15) is 15.9 Å². The van der Waals surface area contributed by atoms with Crippen molar-refractivity contribution < 1.29 is 4.79 Å². The Morgan fingerprint density at radius 1 is 1.14 bits per heavy atom. The summed E-state index contributed by atoms with van der Waals surface area (Å²) >= 11 is 3.37. The number of aromatic nitrogens is 3. The van der Waals surface area contributed by atoms with Gasteiger partial charge in [-0.15, -0.1) is 0 Å². The molecule has 0 atom stereocenters. The first-order valence-electron chi connectivity index (χ1n) is 8.76. The molecule has 7 heteroatoms. The molecule has 0 aliphatic heterocycles. The number of anilines is 2. The molecule has 140 valence electrons. The number of halogens is 1. The molecule has 0 aliphatic rings. The molecule has 0 spiro atoms. The molecule has 2 N–H and O–H groups in total. The normalized spacial score (nSPS) is 10.8. The molecule has 2 aromatic heterocycles. The number of nitrogens with one attached hydrogen (secondary N) is 2. The van der Waals surface area contributed by atoms with E-state index in [0.29, 0.717) is 12.1 Å². The van der Waals surface area contributed by atoms with Crippen LogP contribution in [0.3, 0.4) is 0 Å². The van der Waals surface area contributed by atoms with Crippen molar-refractivity contribution in [1.29, 1.82) is 0 Å². The Morgan fingerprint density at radius 2 is 2.00 bits per heavy atom.